The van der Waals surface area contributed by atoms with Crippen LogP contribution in [0.2, 0.25) is 0 Å². The molecule has 0 aliphatic carbocycles. The zero-order valence-corrected chi connectivity index (χ0v) is 15.6. The van der Waals surface area contributed by atoms with Gasteiger partial charge in [-0.1, -0.05) is 30.3 Å². The van der Waals surface area contributed by atoms with Gasteiger partial charge in [-0.3, -0.25) is 9.69 Å². The molecule has 0 bridgehead atoms. The molecule has 2 aromatic heterocycles. The highest BCUT2D eigenvalue weighted by Gasteiger charge is 2.34. The van der Waals surface area contributed by atoms with Gasteiger partial charge in [0.1, 0.15) is 0 Å². The minimum atomic E-state index is -0.0685. The average molecular weight is 377 g/mol. The summed E-state index contributed by atoms with van der Waals surface area (Å²) in [5.41, 5.74) is 1.69. The second-order valence-corrected chi connectivity index (χ2v) is 7.62. The smallest absolute Gasteiger partial charge is 0.268 e. The minimum absolute atomic E-state index is 0.0685. The molecule has 0 radical (unpaired) electrons. The molecule has 0 atom stereocenters. The van der Waals surface area contributed by atoms with Crippen LogP contribution in [0.4, 0.5) is 11.5 Å². The molecule has 0 unspecified atom stereocenters. The Bertz CT molecular complexity index is 995. The predicted octanol–water partition coefficient (Wildman–Crippen LogP) is 5.26. The lowest BCUT2D eigenvalue weighted by atomic mass is 10.3. The topological polar surface area (TPSA) is 45.6 Å². The monoisotopic (exact) mass is 377 g/mol. The summed E-state index contributed by atoms with van der Waals surface area (Å²) in [6.45, 7) is 1.92. The van der Waals surface area contributed by atoms with Crippen molar-refractivity contribution >= 4 is 51.8 Å². The molecular formula is C20H15N3OS2. The molecule has 1 aliphatic heterocycles. The number of thioether (sulfide) groups is 1. The number of hydrogen-bond acceptors (Lipinski definition) is 5. The van der Waals surface area contributed by atoms with Crippen LogP contribution in [-0.2, 0) is 4.79 Å². The Balaban J connectivity index is 1.78. The maximum Gasteiger partial charge on any atom is 0.271 e. The number of aliphatic imine (C=N–C) groups is 1. The Morgan fingerprint density at radius 1 is 1.04 bits per heavy atom. The number of rotatable bonds is 3. The van der Waals surface area contributed by atoms with Gasteiger partial charge in [0, 0.05) is 10.6 Å². The van der Waals surface area contributed by atoms with Crippen LogP contribution in [0.25, 0.3) is 6.08 Å². The third-order valence-corrected chi connectivity index (χ3v) is 5.51. The zero-order chi connectivity index (χ0) is 17.9. The van der Waals surface area contributed by atoms with E-state index in [9.17, 15) is 4.79 Å². The number of carbonyl (C=O) groups excluding carboxylic acids is 1. The molecule has 1 aromatic carbocycles. The zero-order valence-electron chi connectivity index (χ0n) is 14.0. The predicted molar refractivity (Wildman–Crippen MR) is 110 cm³/mol. The Morgan fingerprint density at radius 2 is 1.88 bits per heavy atom. The number of pyridine rings is 1. The first-order valence-corrected chi connectivity index (χ1v) is 9.75. The molecule has 26 heavy (non-hydrogen) atoms. The summed E-state index contributed by atoms with van der Waals surface area (Å²) < 4.78 is 0. The van der Waals surface area contributed by atoms with Gasteiger partial charge in [-0.2, -0.15) is 0 Å². The molecule has 3 aromatic rings. The number of nitrogens with zero attached hydrogens (tertiary/aromatic N) is 3. The largest absolute Gasteiger partial charge is 0.271 e. The standard InChI is InChI=1S/C20H15N3OS2/c1-14-7-5-11-18(21-14)22-20-23(15-8-3-2-4-9-15)19(24)17(26-20)13-16-10-6-12-25-16/h2-13H,1H3/b17-13+,22-20+. The SMILES string of the molecule is Cc1cccc(/N=C2/S/C(=C/c3cccs3)C(=O)N2c2ccccc2)n1. The summed E-state index contributed by atoms with van der Waals surface area (Å²) in [5, 5.41) is 2.61. The van der Waals surface area contributed by atoms with Crippen molar-refractivity contribution in [3.63, 3.8) is 0 Å². The molecule has 0 N–H and O–H groups in total. The van der Waals surface area contributed by atoms with Gasteiger partial charge < -0.3 is 0 Å². The third kappa shape index (κ3) is 3.47. The maximum absolute atomic E-state index is 13.0. The number of hydrogen-bond donors (Lipinski definition) is 0. The Hall–Kier alpha value is -2.70. The van der Waals surface area contributed by atoms with E-state index in [4.69, 9.17) is 0 Å². The number of aryl methyl sites for hydroxylation is 1. The molecule has 4 nitrogen and oxygen atoms in total. The molecule has 6 heteroatoms. The number of benzene rings is 1. The van der Waals surface area contributed by atoms with E-state index in [2.05, 4.69) is 9.98 Å². The summed E-state index contributed by atoms with van der Waals surface area (Å²) in [7, 11) is 0. The number of carbonyl (C=O) groups is 1. The number of anilines is 1. The number of aromatic nitrogens is 1. The molecule has 1 aliphatic rings. The van der Waals surface area contributed by atoms with Crippen LogP contribution in [0.15, 0.2) is 75.9 Å². The van der Waals surface area contributed by atoms with Crippen LogP contribution in [0, 0.1) is 6.92 Å². The van der Waals surface area contributed by atoms with Gasteiger partial charge in [0.25, 0.3) is 5.91 Å². The number of amidine groups is 1. The quantitative estimate of drug-likeness (QED) is 0.585. The summed E-state index contributed by atoms with van der Waals surface area (Å²) in [4.78, 5) is 25.5. The Morgan fingerprint density at radius 3 is 2.62 bits per heavy atom. The molecular weight excluding hydrogens is 362 g/mol. The summed E-state index contributed by atoms with van der Waals surface area (Å²) >= 11 is 2.98. The van der Waals surface area contributed by atoms with E-state index < -0.39 is 0 Å². The lowest BCUT2D eigenvalue weighted by Crippen LogP contribution is -2.28. The van der Waals surface area contributed by atoms with E-state index in [0.717, 1.165) is 16.3 Å². The molecule has 128 valence electrons. The molecule has 0 spiro atoms. The highest BCUT2D eigenvalue weighted by molar-refractivity contribution is 8.19. The summed E-state index contributed by atoms with van der Waals surface area (Å²) in [5.74, 6) is 0.527. The van der Waals surface area contributed by atoms with Crippen LogP contribution in [0.3, 0.4) is 0 Å². The van der Waals surface area contributed by atoms with E-state index >= 15 is 0 Å². The van der Waals surface area contributed by atoms with Crippen molar-refractivity contribution in [2.45, 2.75) is 6.92 Å². The first kappa shape index (κ1) is 16.8. The fourth-order valence-electron chi connectivity index (χ4n) is 2.55. The maximum atomic E-state index is 13.0. The van der Waals surface area contributed by atoms with Crippen molar-refractivity contribution in [2.24, 2.45) is 4.99 Å². The summed E-state index contributed by atoms with van der Waals surface area (Å²) in [6, 6.07) is 19.2. The van der Waals surface area contributed by atoms with Crippen molar-refractivity contribution in [3.8, 4) is 0 Å². The van der Waals surface area contributed by atoms with Crippen molar-refractivity contribution in [1.29, 1.82) is 0 Å². The van der Waals surface area contributed by atoms with Gasteiger partial charge in [-0.15, -0.1) is 11.3 Å². The van der Waals surface area contributed by atoms with E-state index in [-0.39, 0.29) is 5.91 Å². The molecule has 3 heterocycles. The molecule has 1 saturated heterocycles. The second-order valence-electron chi connectivity index (χ2n) is 5.63. The molecule has 0 saturated carbocycles. The molecule has 4 rings (SSSR count). The van der Waals surface area contributed by atoms with E-state index in [0.29, 0.717) is 15.9 Å². The number of para-hydroxylation sites is 1. The van der Waals surface area contributed by atoms with E-state index in [1.165, 1.54) is 11.8 Å². The number of amides is 1. The van der Waals surface area contributed by atoms with Crippen molar-refractivity contribution in [3.05, 3.63) is 81.5 Å². The Labute approximate surface area is 159 Å². The van der Waals surface area contributed by atoms with Gasteiger partial charge in [0.2, 0.25) is 0 Å². The van der Waals surface area contributed by atoms with Crippen LogP contribution < -0.4 is 4.90 Å². The van der Waals surface area contributed by atoms with Crippen LogP contribution in [0.1, 0.15) is 10.6 Å². The van der Waals surface area contributed by atoms with Gasteiger partial charge in [-0.05, 0) is 60.5 Å². The van der Waals surface area contributed by atoms with Crippen LogP contribution >= 0.6 is 23.1 Å². The fraction of sp³-hybridized carbons (Fsp3) is 0.0500. The lowest BCUT2D eigenvalue weighted by molar-refractivity contribution is -0.113. The second kappa shape index (κ2) is 7.27. The van der Waals surface area contributed by atoms with Crippen LogP contribution in [-0.4, -0.2) is 16.1 Å². The van der Waals surface area contributed by atoms with Gasteiger partial charge in [0.05, 0.1) is 10.6 Å². The van der Waals surface area contributed by atoms with Crippen molar-refractivity contribution < 1.29 is 4.79 Å². The first-order chi connectivity index (χ1) is 12.7. The van der Waals surface area contributed by atoms with Gasteiger partial charge in [0.15, 0.2) is 11.0 Å². The van der Waals surface area contributed by atoms with Crippen molar-refractivity contribution in [2.75, 3.05) is 4.90 Å². The minimum Gasteiger partial charge on any atom is -0.268 e. The lowest BCUT2D eigenvalue weighted by Gasteiger charge is -2.15. The van der Waals surface area contributed by atoms with Crippen LogP contribution in [0.5, 0.6) is 0 Å². The normalized spacial score (nSPS) is 17.4. The summed E-state index contributed by atoms with van der Waals surface area (Å²) in [6.07, 6.45) is 1.92. The third-order valence-electron chi connectivity index (χ3n) is 3.72. The molecule has 1 fully saturated rings. The highest BCUT2D eigenvalue weighted by atomic mass is 32.2. The van der Waals surface area contributed by atoms with Gasteiger partial charge in [-0.25, -0.2) is 9.98 Å². The number of thiophene rings is 1. The van der Waals surface area contributed by atoms with E-state index in [1.807, 2.05) is 79.0 Å². The highest BCUT2D eigenvalue weighted by Crippen LogP contribution is 2.37. The average Bonchev–Trinajstić information content (AvgIpc) is 3.25. The van der Waals surface area contributed by atoms with Crippen molar-refractivity contribution in [1.82, 2.24) is 4.98 Å². The van der Waals surface area contributed by atoms with Gasteiger partial charge >= 0.3 is 0 Å². The molecule has 1 amide bonds. The fourth-order valence-corrected chi connectivity index (χ4v) is 4.26. The first-order valence-electron chi connectivity index (χ1n) is 8.05. The Kier molecular flexibility index (Phi) is 4.69. The van der Waals surface area contributed by atoms with E-state index in [1.54, 1.807) is 16.2 Å².